The highest BCUT2D eigenvalue weighted by molar-refractivity contribution is 9.10. The molecule has 0 saturated heterocycles. The molecule has 1 aromatic rings. The third-order valence-electron chi connectivity index (χ3n) is 3.87. The maximum atomic E-state index is 4.62. The molecule has 1 aromatic heterocycles. The first-order valence-corrected chi connectivity index (χ1v) is 9.08. The van der Waals surface area contributed by atoms with Crippen molar-refractivity contribution in [3.05, 3.63) is 15.9 Å². The van der Waals surface area contributed by atoms with Crippen LogP contribution in [0.5, 0.6) is 0 Å². The summed E-state index contributed by atoms with van der Waals surface area (Å²) in [7, 11) is 0. The highest BCUT2D eigenvalue weighted by Gasteiger charge is 2.16. The van der Waals surface area contributed by atoms with Crippen LogP contribution < -0.4 is 0 Å². The van der Waals surface area contributed by atoms with Gasteiger partial charge in [-0.25, -0.2) is 0 Å². The van der Waals surface area contributed by atoms with Gasteiger partial charge in [0.15, 0.2) is 0 Å². The molecule has 0 aliphatic carbocycles. The summed E-state index contributed by atoms with van der Waals surface area (Å²) in [5, 5.41) is 4.62. The van der Waals surface area contributed by atoms with E-state index in [-0.39, 0.29) is 0 Å². The van der Waals surface area contributed by atoms with Gasteiger partial charge in [-0.15, -0.1) is 0 Å². The van der Waals surface area contributed by atoms with E-state index in [2.05, 4.69) is 72.2 Å². The third-order valence-corrected chi connectivity index (χ3v) is 4.90. The second kappa shape index (κ2) is 8.94. The van der Waals surface area contributed by atoms with Crippen molar-refractivity contribution in [2.24, 2.45) is 11.8 Å². The van der Waals surface area contributed by atoms with E-state index in [0.29, 0.717) is 0 Å². The molecule has 0 fully saturated rings. The topological polar surface area (TPSA) is 21.1 Å². The number of rotatable bonds is 9. The van der Waals surface area contributed by atoms with Crippen LogP contribution >= 0.6 is 15.9 Å². The quantitative estimate of drug-likeness (QED) is 0.628. The maximum Gasteiger partial charge on any atom is 0.0739 e. The minimum absolute atomic E-state index is 0.757. The van der Waals surface area contributed by atoms with E-state index in [4.69, 9.17) is 0 Å². The Morgan fingerprint density at radius 1 is 1.10 bits per heavy atom. The Morgan fingerprint density at radius 3 is 2.05 bits per heavy atom. The number of aromatic nitrogens is 2. The Balaban J connectivity index is 2.78. The van der Waals surface area contributed by atoms with E-state index in [1.54, 1.807) is 0 Å². The van der Waals surface area contributed by atoms with Gasteiger partial charge in [0.2, 0.25) is 0 Å². The Bertz CT molecular complexity index is 412. The maximum absolute atomic E-state index is 4.62. The summed E-state index contributed by atoms with van der Waals surface area (Å²) in [4.78, 5) is 2.59. The molecule has 122 valence electrons. The molecule has 1 rings (SSSR count). The van der Waals surface area contributed by atoms with Crippen molar-refractivity contribution in [2.45, 2.75) is 67.5 Å². The third kappa shape index (κ3) is 6.11. The minimum atomic E-state index is 0.757. The van der Waals surface area contributed by atoms with Crippen LogP contribution in [-0.4, -0.2) is 27.8 Å². The van der Waals surface area contributed by atoms with Gasteiger partial charge in [0, 0.05) is 13.1 Å². The van der Waals surface area contributed by atoms with Crippen molar-refractivity contribution < 1.29 is 0 Å². The van der Waals surface area contributed by atoms with Gasteiger partial charge in [0.05, 0.1) is 15.9 Å². The van der Waals surface area contributed by atoms with Gasteiger partial charge in [-0.05, 0) is 67.5 Å². The second-order valence-electron chi connectivity index (χ2n) is 6.80. The van der Waals surface area contributed by atoms with E-state index < -0.39 is 0 Å². The van der Waals surface area contributed by atoms with Crippen molar-refractivity contribution >= 4 is 15.9 Å². The minimum Gasteiger partial charge on any atom is -0.297 e. The average Bonchev–Trinajstić information content (AvgIpc) is 2.68. The van der Waals surface area contributed by atoms with Gasteiger partial charge >= 0.3 is 0 Å². The van der Waals surface area contributed by atoms with Crippen molar-refractivity contribution in [1.82, 2.24) is 14.7 Å². The van der Waals surface area contributed by atoms with Crippen molar-refractivity contribution in [3.63, 3.8) is 0 Å². The zero-order chi connectivity index (χ0) is 16.0. The van der Waals surface area contributed by atoms with Crippen LogP contribution in [0.2, 0.25) is 0 Å². The molecule has 0 saturated carbocycles. The molecule has 0 amide bonds. The summed E-state index contributed by atoms with van der Waals surface area (Å²) in [6, 6.07) is 0. The predicted molar refractivity (Wildman–Crippen MR) is 94.5 cm³/mol. The van der Waals surface area contributed by atoms with E-state index in [9.17, 15) is 0 Å². The molecule has 0 unspecified atom stereocenters. The van der Waals surface area contributed by atoms with Crippen LogP contribution in [0.1, 0.15) is 58.8 Å². The summed E-state index contributed by atoms with van der Waals surface area (Å²) in [5.41, 5.74) is 2.42. The smallest absolute Gasteiger partial charge is 0.0739 e. The van der Waals surface area contributed by atoms with Crippen molar-refractivity contribution in [1.29, 1.82) is 0 Å². The number of hydrogen-bond acceptors (Lipinski definition) is 2. The molecule has 0 aliphatic rings. The van der Waals surface area contributed by atoms with Crippen LogP contribution in [-0.2, 0) is 13.1 Å². The van der Waals surface area contributed by atoms with E-state index in [1.807, 2.05) is 0 Å². The molecule has 0 radical (unpaired) electrons. The van der Waals surface area contributed by atoms with Crippen molar-refractivity contribution in [3.8, 4) is 0 Å². The predicted octanol–water partition coefficient (Wildman–Crippen LogP) is 4.87. The highest BCUT2D eigenvalue weighted by atomic mass is 79.9. The summed E-state index contributed by atoms with van der Waals surface area (Å²) in [6.07, 6.45) is 2.52. The fraction of sp³-hybridized carbons (Fsp3) is 0.824. The zero-order valence-corrected chi connectivity index (χ0v) is 16.2. The summed E-state index contributed by atoms with van der Waals surface area (Å²) in [5.74, 6) is 1.51. The molecular formula is C17H32BrN3. The fourth-order valence-electron chi connectivity index (χ4n) is 2.38. The summed E-state index contributed by atoms with van der Waals surface area (Å²) in [6.45, 7) is 17.7. The average molecular weight is 358 g/mol. The van der Waals surface area contributed by atoms with Gasteiger partial charge in [-0.1, -0.05) is 27.7 Å². The normalized spacial score (nSPS) is 12.1. The molecule has 0 aromatic carbocycles. The molecule has 21 heavy (non-hydrogen) atoms. The van der Waals surface area contributed by atoms with Gasteiger partial charge < -0.3 is 0 Å². The van der Waals surface area contributed by atoms with Crippen LogP contribution in [0.15, 0.2) is 4.47 Å². The largest absolute Gasteiger partial charge is 0.297 e. The van der Waals surface area contributed by atoms with Crippen molar-refractivity contribution in [2.75, 3.05) is 13.1 Å². The SMILES string of the molecule is CCn1nc(C)c(Br)c1CN(CCC(C)C)CCC(C)C. The molecular weight excluding hydrogens is 326 g/mol. The van der Waals surface area contributed by atoms with E-state index in [0.717, 1.165) is 30.6 Å². The summed E-state index contributed by atoms with van der Waals surface area (Å²) < 4.78 is 3.32. The molecule has 3 nitrogen and oxygen atoms in total. The summed E-state index contributed by atoms with van der Waals surface area (Å²) >= 11 is 3.72. The first-order valence-electron chi connectivity index (χ1n) is 8.29. The zero-order valence-electron chi connectivity index (χ0n) is 14.6. The fourth-order valence-corrected chi connectivity index (χ4v) is 2.79. The lowest BCUT2D eigenvalue weighted by atomic mass is 10.1. The van der Waals surface area contributed by atoms with E-state index >= 15 is 0 Å². The van der Waals surface area contributed by atoms with Gasteiger partial charge in [-0.3, -0.25) is 9.58 Å². The lowest BCUT2D eigenvalue weighted by Gasteiger charge is -2.24. The second-order valence-corrected chi connectivity index (χ2v) is 7.60. The van der Waals surface area contributed by atoms with Crippen LogP contribution in [0.3, 0.4) is 0 Å². The molecule has 0 atom stereocenters. The molecule has 0 spiro atoms. The number of aryl methyl sites for hydroxylation is 2. The lowest BCUT2D eigenvalue weighted by molar-refractivity contribution is 0.229. The van der Waals surface area contributed by atoms with Crippen LogP contribution in [0.4, 0.5) is 0 Å². The Morgan fingerprint density at radius 2 is 1.62 bits per heavy atom. The Hall–Kier alpha value is -0.350. The first kappa shape index (κ1) is 18.7. The van der Waals surface area contributed by atoms with Gasteiger partial charge in [-0.2, -0.15) is 5.10 Å². The lowest BCUT2D eigenvalue weighted by Crippen LogP contribution is -2.28. The standard InChI is InChI=1S/C17H32BrN3/c1-7-21-16(17(18)15(6)19-21)12-20(10-8-13(2)3)11-9-14(4)5/h13-14H,7-12H2,1-6H3. The Kier molecular flexibility index (Phi) is 7.96. The van der Waals surface area contributed by atoms with Gasteiger partial charge in [0.1, 0.15) is 0 Å². The molecule has 1 heterocycles. The number of nitrogens with zero attached hydrogens (tertiary/aromatic N) is 3. The highest BCUT2D eigenvalue weighted by Crippen LogP contribution is 2.23. The molecule has 0 N–H and O–H groups in total. The first-order chi connectivity index (χ1) is 9.85. The molecule has 4 heteroatoms. The van der Waals surface area contributed by atoms with E-state index in [1.165, 1.54) is 36.1 Å². The van der Waals surface area contributed by atoms with Gasteiger partial charge in [0.25, 0.3) is 0 Å². The monoisotopic (exact) mass is 357 g/mol. The molecule has 0 aliphatic heterocycles. The van der Waals surface area contributed by atoms with Crippen LogP contribution in [0.25, 0.3) is 0 Å². The Labute approximate surface area is 139 Å². The number of halogens is 1. The molecule has 0 bridgehead atoms. The van der Waals surface area contributed by atoms with Crippen LogP contribution in [0, 0.1) is 18.8 Å². The number of hydrogen-bond donors (Lipinski definition) is 0.